The van der Waals surface area contributed by atoms with Crippen LogP contribution in [0.25, 0.3) is 0 Å². The number of anilines is 1. The Labute approximate surface area is 181 Å². The molecule has 1 aromatic rings. The summed E-state index contributed by atoms with van der Waals surface area (Å²) in [5.41, 5.74) is 1.22. The number of nitrogens with one attached hydrogen (secondary N) is 2. The van der Waals surface area contributed by atoms with Crippen LogP contribution in [0.2, 0.25) is 0 Å². The summed E-state index contributed by atoms with van der Waals surface area (Å²) in [6.45, 7) is 14.1. The molecule has 0 radical (unpaired) electrons. The molecule has 2 aliphatic rings. The molecular formula is C22H39N7O. The monoisotopic (exact) mass is 417 g/mol. The second-order valence-electron chi connectivity index (χ2n) is 8.58. The van der Waals surface area contributed by atoms with Crippen molar-refractivity contribution in [1.82, 2.24) is 25.4 Å². The van der Waals surface area contributed by atoms with Gasteiger partial charge in [0.2, 0.25) is 0 Å². The number of ether oxygens (including phenoxy) is 1. The fraction of sp³-hybridized carbons (Fsp3) is 0.727. The summed E-state index contributed by atoms with van der Waals surface area (Å²) >= 11 is 0. The van der Waals surface area contributed by atoms with E-state index in [2.05, 4.69) is 68.3 Å². The van der Waals surface area contributed by atoms with Gasteiger partial charge in [0.05, 0.1) is 13.2 Å². The SMILES string of the molecule is CN=C(NCc1ccnc(N2CCN(C)CC2)c1)NCC(C(C)C)N1CCOCC1. The molecule has 2 saturated heterocycles. The van der Waals surface area contributed by atoms with Crippen LogP contribution >= 0.6 is 0 Å². The predicted molar refractivity (Wildman–Crippen MR) is 123 cm³/mol. The summed E-state index contributed by atoms with van der Waals surface area (Å²) < 4.78 is 5.51. The lowest BCUT2D eigenvalue weighted by Gasteiger charge is -2.37. The molecular weight excluding hydrogens is 378 g/mol. The smallest absolute Gasteiger partial charge is 0.191 e. The molecule has 3 heterocycles. The van der Waals surface area contributed by atoms with Gasteiger partial charge in [0.15, 0.2) is 5.96 Å². The van der Waals surface area contributed by atoms with Crippen molar-refractivity contribution in [3.63, 3.8) is 0 Å². The summed E-state index contributed by atoms with van der Waals surface area (Å²) in [5.74, 6) is 2.48. The Morgan fingerprint density at radius 2 is 1.87 bits per heavy atom. The van der Waals surface area contributed by atoms with E-state index in [1.54, 1.807) is 0 Å². The molecule has 0 aromatic carbocycles. The fourth-order valence-electron chi connectivity index (χ4n) is 4.08. The average molecular weight is 418 g/mol. The van der Waals surface area contributed by atoms with Gasteiger partial charge in [0.1, 0.15) is 5.82 Å². The first-order chi connectivity index (χ1) is 14.6. The number of piperazine rings is 1. The summed E-state index contributed by atoms with van der Waals surface area (Å²) in [6.07, 6.45) is 1.91. The van der Waals surface area contributed by atoms with Crippen LogP contribution in [0.1, 0.15) is 19.4 Å². The van der Waals surface area contributed by atoms with Crippen molar-refractivity contribution in [2.24, 2.45) is 10.9 Å². The summed E-state index contributed by atoms with van der Waals surface area (Å²) in [6, 6.07) is 4.73. The molecule has 8 nitrogen and oxygen atoms in total. The number of morpholine rings is 1. The van der Waals surface area contributed by atoms with Crippen LogP contribution in [-0.2, 0) is 11.3 Å². The Morgan fingerprint density at radius 1 is 1.13 bits per heavy atom. The van der Waals surface area contributed by atoms with E-state index >= 15 is 0 Å². The Bertz CT molecular complexity index is 667. The van der Waals surface area contributed by atoms with E-state index in [1.807, 2.05) is 13.2 Å². The van der Waals surface area contributed by atoms with E-state index in [0.29, 0.717) is 12.0 Å². The lowest BCUT2D eigenvalue weighted by atomic mass is 10.0. The van der Waals surface area contributed by atoms with E-state index in [4.69, 9.17) is 4.74 Å². The number of guanidine groups is 1. The minimum atomic E-state index is 0.470. The first-order valence-electron chi connectivity index (χ1n) is 11.2. The molecule has 1 atom stereocenters. The third-order valence-electron chi connectivity index (χ3n) is 6.08. The molecule has 1 unspecified atom stereocenters. The van der Waals surface area contributed by atoms with Gasteiger partial charge >= 0.3 is 0 Å². The third-order valence-corrected chi connectivity index (χ3v) is 6.08. The third kappa shape index (κ3) is 6.55. The summed E-state index contributed by atoms with van der Waals surface area (Å²) in [4.78, 5) is 16.3. The number of aromatic nitrogens is 1. The molecule has 2 aliphatic heterocycles. The van der Waals surface area contributed by atoms with Crippen molar-refractivity contribution in [3.8, 4) is 0 Å². The Kier molecular flexibility index (Phi) is 8.72. The van der Waals surface area contributed by atoms with Crippen LogP contribution in [0.5, 0.6) is 0 Å². The molecule has 0 saturated carbocycles. The fourth-order valence-corrected chi connectivity index (χ4v) is 4.08. The highest BCUT2D eigenvalue weighted by Crippen LogP contribution is 2.15. The van der Waals surface area contributed by atoms with E-state index in [0.717, 1.165) is 77.3 Å². The number of rotatable bonds is 7. The quantitative estimate of drug-likeness (QED) is 0.504. The van der Waals surface area contributed by atoms with Gasteiger partial charge in [0, 0.05) is 71.6 Å². The average Bonchev–Trinajstić information content (AvgIpc) is 2.77. The maximum Gasteiger partial charge on any atom is 0.191 e. The minimum absolute atomic E-state index is 0.470. The number of nitrogens with zero attached hydrogens (tertiary/aromatic N) is 5. The van der Waals surface area contributed by atoms with Crippen molar-refractivity contribution in [3.05, 3.63) is 23.9 Å². The Balaban J connectivity index is 1.50. The highest BCUT2D eigenvalue weighted by Gasteiger charge is 2.24. The van der Waals surface area contributed by atoms with Gasteiger partial charge in [-0.15, -0.1) is 0 Å². The first-order valence-corrected chi connectivity index (χ1v) is 11.2. The van der Waals surface area contributed by atoms with E-state index in [9.17, 15) is 0 Å². The van der Waals surface area contributed by atoms with Gasteiger partial charge in [-0.25, -0.2) is 4.98 Å². The van der Waals surface area contributed by atoms with Crippen molar-refractivity contribution < 1.29 is 4.74 Å². The molecule has 168 valence electrons. The number of hydrogen-bond acceptors (Lipinski definition) is 6. The zero-order valence-corrected chi connectivity index (χ0v) is 19.1. The highest BCUT2D eigenvalue weighted by atomic mass is 16.5. The first kappa shape index (κ1) is 22.8. The maximum absolute atomic E-state index is 5.51. The van der Waals surface area contributed by atoms with Gasteiger partial charge in [0.25, 0.3) is 0 Å². The van der Waals surface area contributed by atoms with Crippen molar-refractivity contribution in [2.45, 2.75) is 26.4 Å². The van der Waals surface area contributed by atoms with Crippen LogP contribution < -0.4 is 15.5 Å². The second kappa shape index (κ2) is 11.5. The lowest BCUT2D eigenvalue weighted by molar-refractivity contribution is 0.00752. The number of likely N-dealkylation sites (N-methyl/N-ethyl adjacent to an activating group) is 1. The summed E-state index contributed by atoms with van der Waals surface area (Å²) in [7, 11) is 4.00. The summed E-state index contributed by atoms with van der Waals surface area (Å²) in [5, 5.41) is 6.99. The van der Waals surface area contributed by atoms with Crippen molar-refractivity contribution in [2.75, 3.05) is 78.0 Å². The number of aliphatic imine (C=N–C) groups is 1. The van der Waals surface area contributed by atoms with Crippen molar-refractivity contribution in [1.29, 1.82) is 0 Å². The molecule has 8 heteroatoms. The Hall–Kier alpha value is -1.90. The van der Waals surface area contributed by atoms with Crippen LogP contribution in [0.3, 0.4) is 0 Å². The maximum atomic E-state index is 5.51. The van der Waals surface area contributed by atoms with Crippen molar-refractivity contribution >= 4 is 11.8 Å². The molecule has 2 N–H and O–H groups in total. The standard InChI is InChI=1S/C22H39N7O/c1-18(2)20(28-11-13-30-14-12-28)17-26-22(23-3)25-16-19-5-6-24-21(15-19)29-9-7-27(4)8-10-29/h5-6,15,18,20H,7-14,16-17H2,1-4H3,(H2,23,25,26). The normalized spacial score (nSPS) is 20.4. The van der Waals surface area contributed by atoms with Crippen LogP contribution in [0.4, 0.5) is 5.82 Å². The predicted octanol–water partition coefficient (Wildman–Crippen LogP) is 0.855. The Morgan fingerprint density at radius 3 is 2.53 bits per heavy atom. The zero-order chi connectivity index (χ0) is 21.3. The molecule has 0 amide bonds. The van der Waals surface area contributed by atoms with Crippen LogP contribution in [0.15, 0.2) is 23.3 Å². The molecule has 30 heavy (non-hydrogen) atoms. The number of hydrogen-bond donors (Lipinski definition) is 2. The highest BCUT2D eigenvalue weighted by molar-refractivity contribution is 5.79. The molecule has 0 spiro atoms. The van der Waals surface area contributed by atoms with Gasteiger partial charge in [-0.2, -0.15) is 0 Å². The lowest BCUT2D eigenvalue weighted by Crippen LogP contribution is -2.52. The van der Waals surface area contributed by atoms with Crippen LogP contribution in [0, 0.1) is 5.92 Å². The molecule has 1 aromatic heterocycles. The van der Waals surface area contributed by atoms with E-state index < -0.39 is 0 Å². The van der Waals surface area contributed by atoms with Gasteiger partial charge < -0.3 is 25.2 Å². The van der Waals surface area contributed by atoms with Gasteiger partial charge in [-0.05, 0) is 30.7 Å². The van der Waals surface area contributed by atoms with Crippen LogP contribution in [-0.4, -0.2) is 99.9 Å². The topological polar surface area (TPSA) is 68.3 Å². The second-order valence-corrected chi connectivity index (χ2v) is 8.58. The van der Waals surface area contributed by atoms with E-state index in [-0.39, 0.29) is 0 Å². The van der Waals surface area contributed by atoms with E-state index in [1.165, 1.54) is 5.56 Å². The minimum Gasteiger partial charge on any atom is -0.379 e. The largest absolute Gasteiger partial charge is 0.379 e. The number of pyridine rings is 1. The molecule has 3 rings (SSSR count). The van der Waals surface area contributed by atoms with Gasteiger partial charge in [-0.3, -0.25) is 9.89 Å². The van der Waals surface area contributed by atoms with Gasteiger partial charge in [-0.1, -0.05) is 13.8 Å². The molecule has 0 bridgehead atoms. The zero-order valence-electron chi connectivity index (χ0n) is 19.1. The molecule has 2 fully saturated rings. The molecule has 0 aliphatic carbocycles.